The van der Waals surface area contributed by atoms with Gasteiger partial charge in [-0.1, -0.05) is 38.8 Å². The molecule has 1 atom stereocenters. The van der Waals surface area contributed by atoms with E-state index in [2.05, 4.69) is 62.4 Å². The van der Waals surface area contributed by atoms with E-state index in [-0.39, 0.29) is 0 Å². The summed E-state index contributed by atoms with van der Waals surface area (Å²) >= 11 is 0. The molecular weight excluding hydrogens is 256 g/mol. The fourth-order valence-corrected chi connectivity index (χ4v) is 3.46. The number of nitrogens with one attached hydrogen (secondary N) is 1. The summed E-state index contributed by atoms with van der Waals surface area (Å²) in [4.78, 5) is 2.17. The van der Waals surface area contributed by atoms with Crippen molar-refractivity contribution in [3.05, 3.63) is 29.8 Å². The molecule has 1 aromatic rings. The number of benzene rings is 1. The minimum Gasteiger partial charge on any atom is -0.378 e. The van der Waals surface area contributed by atoms with Crippen LogP contribution in [0.15, 0.2) is 24.3 Å². The van der Waals surface area contributed by atoms with Crippen molar-refractivity contribution in [2.24, 2.45) is 11.8 Å². The first-order valence-electron chi connectivity index (χ1n) is 8.62. The molecule has 1 fully saturated rings. The van der Waals surface area contributed by atoms with Crippen LogP contribution in [0.4, 0.5) is 5.69 Å². The molecule has 1 unspecified atom stereocenters. The third-order valence-electron chi connectivity index (χ3n) is 4.91. The van der Waals surface area contributed by atoms with Crippen LogP contribution in [0, 0.1) is 11.8 Å². The monoisotopic (exact) mass is 288 g/mol. The Morgan fingerprint density at radius 2 is 1.71 bits per heavy atom. The zero-order chi connectivity index (χ0) is 15.2. The quantitative estimate of drug-likeness (QED) is 0.821. The molecule has 0 aliphatic heterocycles. The van der Waals surface area contributed by atoms with E-state index in [1.54, 1.807) is 0 Å². The molecule has 0 saturated heterocycles. The molecule has 0 bridgehead atoms. The minimum atomic E-state index is 0.536. The molecule has 0 spiro atoms. The Labute approximate surface area is 130 Å². The van der Waals surface area contributed by atoms with E-state index in [1.807, 2.05) is 0 Å². The van der Waals surface area contributed by atoms with Gasteiger partial charge in [0.05, 0.1) is 0 Å². The summed E-state index contributed by atoms with van der Waals surface area (Å²) in [6.45, 7) is 5.77. The Balaban J connectivity index is 2.11. The number of nitrogens with zero attached hydrogens (tertiary/aromatic N) is 1. The second-order valence-corrected chi connectivity index (χ2v) is 6.94. The highest BCUT2D eigenvalue weighted by Gasteiger charge is 2.26. The molecule has 2 nitrogen and oxygen atoms in total. The van der Waals surface area contributed by atoms with Gasteiger partial charge in [0.15, 0.2) is 0 Å². The molecule has 1 aliphatic carbocycles. The van der Waals surface area contributed by atoms with Crippen LogP contribution in [-0.4, -0.2) is 20.6 Å². The lowest BCUT2D eigenvalue weighted by molar-refractivity contribution is 0.231. The van der Waals surface area contributed by atoms with Gasteiger partial charge < -0.3 is 10.2 Å². The zero-order valence-corrected chi connectivity index (χ0v) is 14.2. The van der Waals surface area contributed by atoms with Gasteiger partial charge in [-0.2, -0.15) is 0 Å². The standard InChI is InChI=1S/C19H32N2/c1-5-14-20-19(16-8-6-15(2)7-9-16)17-10-12-18(13-11-17)21(3)4/h10-13,15-16,19-20H,5-9,14H2,1-4H3. The maximum atomic E-state index is 3.81. The van der Waals surface area contributed by atoms with Gasteiger partial charge in [-0.15, -0.1) is 0 Å². The molecule has 1 aromatic carbocycles. The third kappa shape index (κ3) is 4.47. The molecule has 0 amide bonds. The Bertz CT molecular complexity index is 402. The molecule has 0 aromatic heterocycles. The van der Waals surface area contributed by atoms with Gasteiger partial charge in [0.1, 0.15) is 0 Å². The number of hydrogen-bond acceptors (Lipinski definition) is 2. The molecule has 1 saturated carbocycles. The average Bonchev–Trinajstić information content (AvgIpc) is 2.50. The van der Waals surface area contributed by atoms with E-state index >= 15 is 0 Å². The maximum absolute atomic E-state index is 3.81. The van der Waals surface area contributed by atoms with E-state index in [0.29, 0.717) is 6.04 Å². The summed E-state index contributed by atoms with van der Waals surface area (Å²) in [6.07, 6.45) is 6.74. The number of anilines is 1. The molecule has 0 heterocycles. The van der Waals surface area contributed by atoms with E-state index in [1.165, 1.54) is 43.4 Å². The lowest BCUT2D eigenvalue weighted by atomic mass is 9.77. The maximum Gasteiger partial charge on any atom is 0.0361 e. The molecular formula is C19H32N2. The molecule has 118 valence electrons. The van der Waals surface area contributed by atoms with Gasteiger partial charge in [0, 0.05) is 25.8 Å². The molecule has 1 N–H and O–H groups in total. The molecule has 21 heavy (non-hydrogen) atoms. The first kappa shape index (κ1) is 16.4. The number of rotatable bonds is 6. The normalized spacial score (nSPS) is 23.8. The van der Waals surface area contributed by atoms with Gasteiger partial charge in [0.2, 0.25) is 0 Å². The van der Waals surface area contributed by atoms with Crippen molar-refractivity contribution >= 4 is 5.69 Å². The Morgan fingerprint density at radius 3 is 2.24 bits per heavy atom. The summed E-state index contributed by atoms with van der Waals surface area (Å²) in [7, 11) is 4.20. The van der Waals surface area contributed by atoms with Gasteiger partial charge in [0.25, 0.3) is 0 Å². The fourth-order valence-electron chi connectivity index (χ4n) is 3.46. The largest absolute Gasteiger partial charge is 0.378 e. The van der Waals surface area contributed by atoms with Crippen molar-refractivity contribution in [1.82, 2.24) is 5.32 Å². The van der Waals surface area contributed by atoms with Crippen molar-refractivity contribution in [2.75, 3.05) is 25.5 Å². The van der Waals surface area contributed by atoms with Crippen molar-refractivity contribution < 1.29 is 0 Å². The highest BCUT2D eigenvalue weighted by Crippen LogP contribution is 2.37. The first-order valence-corrected chi connectivity index (χ1v) is 8.62. The van der Waals surface area contributed by atoms with Gasteiger partial charge in [-0.25, -0.2) is 0 Å². The predicted molar refractivity (Wildman–Crippen MR) is 92.9 cm³/mol. The van der Waals surface area contributed by atoms with Crippen LogP contribution in [0.2, 0.25) is 0 Å². The molecule has 1 aliphatic rings. The van der Waals surface area contributed by atoms with E-state index in [4.69, 9.17) is 0 Å². The second-order valence-electron chi connectivity index (χ2n) is 6.94. The lowest BCUT2D eigenvalue weighted by Crippen LogP contribution is -2.31. The van der Waals surface area contributed by atoms with Crippen LogP contribution in [-0.2, 0) is 0 Å². The summed E-state index contributed by atoms with van der Waals surface area (Å²) in [5.41, 5.74) is 2.75. The molecule has 2 heteroatoms. The fraction of sp³-hybridized carbons (Fsp3) is 0.684. The van der Waals surface area contributed by atoms with Crippen LogP contribution < -0.4 is 10.2 Å². The van der Waals surface area contributed by atoms with Gasteiger partial charge >= 0.3 is 0 Å². The van der Waals surface area contributed by atoms with Crippen molar-refractivity contribution in [3.63, 3.8) is 0 Å². The second kappa shape index (κ2) is 7.84. The van der Waals surface area contributed by atoms with Crippen LogP contribution in [0.1, 0.15) is 57.6 Å². The molecule has 0 radical (unpaired) electrons. The topological polar surface area (TPSA) is 15.3 Å². The van der Waals surface area contributed by atoms with Crippen molar-refractivity contribution in [3.8, 4) is 0 Å². The van der Waals surface area contributed by atoms with Gasteiger partial charge in [-0.3, -0.25) is 0 Å². The summed E-state index contributed by atoms with van der Waals surface area (Å²) in [5.74, 6) is 1.72. The molecule has 2 rings (SSSR count). The highest BCUT2D eigenvalue weighted by molar-refractivity contribution is 5.46. The number of hydrogen-bond donors (Lipinski definition) is 1. The Kier molecular flexibility index (Phi) is 6.10. The van der Waals surface area contributed by atoms with Crippen LogP contribution in [0.5, 0.6) is 0 Å². The van der Waals surface area contributed by atoms with E-state index < -0.39 is 0 Å². The van der Waals surface area contributed by atoms with Crippen LogP contribution in [0.25, 0.3) is 0 Å². The summed E-state index contributed by atoms with van der Waals surface area (Å²) in [5, 5.41) is 3.81. The van der Waals surface area contributed by atoms with E-state index in [0.717, 1.165) is 18.4 Å². The SMILES string of the molecule is CCCNC(c1ccc(N(C)C)cc1)C1CCC(C)CC1. The summed E-state index contributed by atoms with van der Waals surface area (Å²) < 4.78 is 0. The predicted octanol–water partition coefficient (Wildman–Crippen LogP) is 4.62. The lowest BCUT2D eigenvalue weighted by Gasteiger charge is -2.34. The summed E-state index contributed by atoms with van der Waals surface area (Å²) in [6, 6.07) is 9.68. The van der Waals surface area contributed by atoms with E-state index in [9.17, 15) is 0 Å². The highest BCUT2D eigenvalue weighted by atomic mass is 15.1. The van der Waals surface area contributed by atoms with Crippen molar-refractivity contribution in [2.45, 2.75) is 52.0 Å². The Morgan fingerprint density at radius 1 is 1.10 bits per heavy atom. The van der Waals surface area contributed by atoms with Crippen LogP contribution in [0.3, 0.4) is 0 Å². The van der Waals surface area contributed by atoms with Crippen LogP contribution >= 0.6 is 0 Å². The third-order valence-corrected chi connectivity index (χ3v) is 4.91. The van der Waals surface area contributed by atoms with Crippen molar-refractivity contribution in [1.29, 1.82) is 0 Å². The smallest absolute Gasteiger partial charge is 0.0361 e. The van der Waals surface area contributed by atoms with Gasteiger partial charge in [-0.05, 0) is 55.3 Å². The Hall–Kier alpha value is -1.02. The average molecular weight is 288 g/mol. The minimum absolute atomic E-state index is 0.536. The first-order chi connectivity index (χ1) is 10.1. The zero-order valence-electron chi connectivity index (χ0n) is 14.2.